The van der Waals surface area contributed by atoms with E-state index in [1.807, 2.05) is 0 Å². The van der Waals surface area contributed by atoms with Crippen molar-refractivity contribution in [3.8, 4) is 5.75 Å². The van der Waals surface area contributed by atoms with Gasteiger partial charge in [0, 0.05) is 25.0 Å². The first-order chi connectivity index (χ1) is 15.1. The van der Waals surface area contributed by atoms with E-state index in [-0.39, 0.29) is 23.0 Å². The van der Waals surface area contributed by atoms with Gasteiger partial charge in [-0.05, 0) is 43.2 Å². The molecule has 10 heteroatoms. The molecular weight excluding hydrogens is 404 g/mol. The Hall–Kier alpha value is -4.08. The molecular formula is C21H18N4O6. The van der Waals surface area contributed by atoms with Crippen LogP contribution >= 0.6 is 0 Å². The van der Waals surface area contributed by atoms with Gasteiger partial charge >= 0.3 is 5.97 Å². The van der Waals surface area contributed by atoms with Crippen molar-refractivity contribution in [1.29, 1.82) is 0 Å². The van der Waals surface area contributed by atoms with Crippen molar-refractivity contribution in [2.24, 2.45) is 0 Å². The largest absolute Gasteiger partial charge is 0.455 e. The lowest BCUT2D eigenvalue weighted by Crippen LogP contribution is -2.42. The Morgan fingerprint density at radius 3 is 2.74 bits per heavy atom. The Labute approximate surface area is 176 Å². The van der Waals surface area contributed by atoms with Crippen LogP contribution in [0, 0.1) is 10.1 Å². The maximum atomic E-state index is 12.7. The Morgan fingerprint density at radius 2 is 1.97 bits per heavy atom. The molecule has 3 heterocycles. The summed E-state index contributed by atoms with van der Waals surface area (Å²) in [4.78, 5) is 45.6. The normalized spacial score (nSPS) is 15.6. The fraction of sp³-hybridized carbons (Fsp3) is 0.238. The smallest absolute Gasteiger partial charge is 0.331 e. The number of likely N-dealkylation sites (tertiary alicyclic amines) is 1. The van der Waals surface area contributed by atoms with Crippen LogP contribution in [0.25, 0.3) is 10.9 Å². The molecule has 0 saturated carbocycles. The van der Waals surface area contributed by atoms with Gasteiger partial charge in [-0.3, -0.25) is 24.9 Å². The highest BCUT2D eigenvalue weighted by Crippen LogP contribution is 2.31. The molecule has 1 amide bonds. The Morgan fingerprint density at radius 1 is 1.13 bits per heavy atom. The number of nitro groups is 1. The maximum Gasteiger partial charge on any atom is 0.331 e. The number of carbonyl (C=O) groups is 2. The van der Waals surface area contributed by atoms with Crippen molar-refractivity contribution in [3.63, 3.8) is 0 Å². The van der Waals surface area contributed by atoms with Gasteiger partial charge < -0.3 is 14.4 Å². The number of amides is 1. The first-order valence-electron chi connectivity index (χ1n) is 9.60. The van der Waals surface area contributed by atoms with Crippen molar-refractivity contribution in [3.05, 3.63) is 70.7 Å². The number of nitro benzene ring substituents is 1. The monoisotopic (exact) mass is 422 g/mol. The fourth-order valence-corrected chi connectivity index (χ4v) is 3.55. The Kier molecular flexibility index (Phi) is 5.69. The lowest BCUT2D eigenvalue weighted by molar-refractivity contribution is -0.383. The second-order valence-electron chi connectivity index (χ2n) is 6.84. The average Bonchev–Trinajstić information content (AvgIpc) is 3.29. The number of esters is 1. The molecule has 10 nitrogen and oxygen atoms in total. The quantitative estimate of drug-likeness (QED) is 0.257. The van der Waals surface area contributed by atoms with Crippen molar-refractivity contribution in [1.82, 2.24) is 14.9 Å². The summed E-state index contributed by atoms with van der Waals surface area (Å²) in [6.07, 6.45) is 4.17. The van der Waals surface area contributed by atoms with Crippen LogP contribution < -0.4 is 4.74 Å². The van der Waals surface area contributed by atoms with E-state index in [0.717, 1.165) is 0 Å². The Balaban J connectivity index is 1.42. The SMILES string of the molecule is O=C(OCOc1ccc([N+](=O)[O-])c2cccnc12)C1CCCN1C(=O)c1ccccn1. The molecule has 2 aromatic heterocycles. The molecule has 158 valence electrons. The van der Waals surface area contributed by atoms with E-state index in [4.69, 9.17) is 9.47 Å². The van der Waals surface area contributed by atoms with E-state index < -0.39 is 23.7 Å². The molecule has 1 saturated heterocycles. The molecule has 31 heavy (non-hydrogen) atoms. The zero-order valence-corrected chi connectivity index (χ0v) is 16.3. The Bertz CT molecular complexity index is 1140. The highest BCUT2D eigenvalue weighted by molar-refractivity contribution is 5.95. The minimum atomic E-state index is -0.718. The van der Waals surface area contributed by atoms with Crippen LogP contribution in [-0.2, 0) is 9.53 Å². The fourth-order valence-electron chi connectivity index (χ4n) is 3.55. The molecule has 0 radical (unpaired) electrons. The van der Waals surface area contributed by atoms with Gasteiger partial charge in [0.1, 0.15) is 23.0 Å². The number of non-ortho nitro benzene ring substituents is 1. The summed E-state index contributed by atoms with van der Waals surface area (Å²) < 4.78 is 10.8. The number of hydrogen-bond acceptors (Lipinski definition) is 8. The zero-order valence-electron chi connectivity index (χ0n) is 16.3. The maximum absolute atomic E-state index is 12.7. The lowest BCUT2D eigenvalue weighted by Gasteiger charge is -2.22. The summed E-state index contributed by atoms with van der Waals surface area (Å²) >= 11 is 0. The van der Waals surface area contributed by atoms with Gasteiger partial charge in [-0.25, -0.2) is 4.79 Å². The van der Waals surface area contributed by atoms with E-state index in [1.165, 1.54) is 29.4 Å². The van der Waals surface area contributed by atoms with Gasteiger partial charge in [0.2, 0.25) is 6.79 Å². The predicted octanol–water partition coefficient (Wildman–Crippen LogP) is 2.72. The zero-order chi connectivity index (χ0) is 21.8. The topological polar surface area (TPSA) is 125 Å². The highest BCUT2D eigenvalue weighted by atomic mass is 16.7. The van der Waals surface area contributed by atoms with Gasteiger partial charge in [-0.2, -0.15) is 0 Å². The molecule has 1 aromatic carbocycles. The second kappa shape index (κ2) is 8.74. The third-order valence-corrected chi connectivity index (χ3v) is 4.99. The molecule has 0 spiro atoms. The molecule has 1 unspecified atom stereocenters. The van der Waals surface area contributed by atoms with Crippen molar-refractivity contribution in [2.75, 3.05) is 13.3 Å². The average molecular weight is 422 g/mol. The number of hydrogen-bond donors (Lipinski definition) is 0. The second-order valence-corrected chi connectivity index (χ2v) is 6.84. The van der Waals surface area contributed by atoms with E-state index in [0.29, 0.717) is 30.3 Å². The van der Waals surface area contributed by atoms with Crippen LogP contribution in [0.3, 0.4) is 0 Å². The number of benzene rings is 1. The number of aromatic nitrogens is 2. The van der Waals surface area contributed by atoms with Crippen LogP contribution in [0.1, 0.15) is 23.3 Å². The standard InChI is InChI=1S/C21H18N4O6/c26-20(15-6-1-2-10-22-15)24-12-4-7-17(24)21(27)31-13-30-18-9-8-16(25(28)29)14-5-3-11-23-19(14)18/h1-3,5-6,8-11,17H,4,7,12-13H2. The molecule has 1 fully saturated rings. The first kappa shape index (κ1) is 20.2. The van der Waals surface area contributed by atoms with E-state index in [9.17, 15) is 19.7 Å². The van der Waals surface area contributed by atoms with Gasteiger partial charge in [0.25, 0.3) is 11.6 Å². The van der Waals surface area contributed by atoms with Crippen LogP contribution in [0.2, 0.25) is 0 Å². The summed E-state index contributed by atoms with van der Waals surface area (Å²) in [6.45, 7) is 0.0252. The van der Waals surface area contributed by atoms with Gasteiger partial charge in [0.15, 0.2) is 0 Å². The number of nitrogens with zero attached hydrogens (tertiary/aromatic N) is 4. The summed E-state index contributed by atoms with van der Waals surface area (Å²) in [6, 6.07) is 10.2. The molecule has 0 bridgehead atoms. The molecule has 0 N–H and O–H groups in total. The van der Waals surface area contributed by atoms with Gasteiger partial charge in [-0.15, -0.1) is 0 Å². The molecule has 0 aliphatic carbocycles. The van der Waals surface area contributed by atoms with Crippen LogP contribution in [-0.4, -0.2) is 51.0 Å². The molecule has 1 aliphatic heterocycles. The number of ether oxygens (including phenoxy) is 2. The number of fused-ring (bicyclic) bond motifs is 1. The third-order valence-electron chi connectivity index (χ3n) is 4.99. The summed E-state index contributed by atoms with van der Waals surface area (Å²) in [5, 5.41) is 11.5. The van der Waals surface area contributed by atoms with Gasteiger partial charge in [0.05, 0.1) is 10.3 Å². The summed E-state index contributed by atoms with van der Waals surface area (Å²) in [5.74, 6) is -0.658. The number of pyridine rings is 2. The van der Waals surface area contributed by atoms with Crippen molar-refractivity contribution >= 4 is 28.5 Å². The molecule has 1 atom stereocenters. The van der Waals surface area contributed by atoms with Gasteiger partial charge in [-0.1, -0.05) is 6.07 Å². The van der Waals surface area contributed by atoms with Crippen LogP contribution in [0.5, 0.6) is 5.75 Å². The first-order valence-corrected chi connectivity index (χ1v) is 9.60. The predicted molar refractivity (Wildman–Crippen MR) is 108 cm³/mol. The summed E-state index contributed by atoms with van der Waals surface area (Å²) in [7, 11) is 0. The summed E-state index contributed by atoms with van der Waals surface area (Å²) in [5.41, 5.74) is 0.463. The molecule has 3 aromatic rings. The number of rotatable bonds is 6. The van der Waals surface area contributed by atoms with E-state index in [2.05, 4.69) is 9.97 Å². The van der Waals surface area contributed by atoms with Crippen molar-refractivity contribution < 1.29 is 24.0 Å². The van der Waals surface area contributed by atoms with Crippen molar-refractivity contribution in [2.45, 2.75) is 18.9 Å². The van der Waals surface area contributed by atoms with Crippen LogP contribution in [0.15, 0.2) is 54.9 Å². The van der Waals surface area contributed by atoms with Crippen LogP contribution in [0.4, 0.5) is 5.69 Å². The molecule has 1 aliphatic rings. The van der Waals surface area contributed by atoms with E-state index in [1.54, 1.807) is 30.3 Å². The number of carbonyl (C=O) groups excluding carboxylic acids is 2. The molecule has 4 rings (SSSR count). The lowest BCUT2D eigenvalue weighted by atomic mass is 10.1. The van der Waals surface area contributed by atoms with E-state index >= 15 is 0 Å². The third kappa shape index (κ3) is 4.13. The minimum absolute atomic E-state index is 0.0953. The highest BCUT2D eigenvalue weighted by Gasteiger charge is 2.36. The minimum Gasteiger partial charge on any atom is -0.455 e.